The van der Waals surface area contributed by atoms with Crippen LogP contribution in [-0.4, -0.2) is 17.6 Å². The number of allylic oxidation sites excluding steroid dienone is 1. The Bertz CT molecular complexity index is 461. The lowest BCUT2D eigenvalue weighted by atomic mass is 10.1. The Morgan fingerprint density at radius 2 is 2.12 bits per heavy atom. The molecular weight excluding hydrogens is 228 g/mol. The molecule has 1 heterocycles. The summed E-state index contributed by atoms with van der Waals surface area (Å²) in [6.07, 6.45) is 2.24. The maximum atomic E-state index is 5.39. The molecule has 0 fully saturated rings. The molecule has 0 aromatic heterocycles. The van der Waals surface area contributed by atoms with Crippen molar-refractivity contribution >= 4 is 28.6 Å². The van der Waals surface area contributed by atoms with Crippen molar-refractivity contribution in [3.05, 3.63) is 35.9 Å². The number of anilines is 2. The fourth-order valence-electron chi connectivity index (χ4n) is 1.95. The quantitative estimate of drug-likeness (QED) is 0.634. The molecule has 0 aliphatic carbocycles. The van der Waals surface area contributed by atoms with Crippen molar-refractivity contribution in [2.75, 3.05) is 16.8 Å². The van der Waals surface area contributed by atoms with Gasteiger partial charge < -0.3 is 10.2 Å². The van der Waals surface area contributed by atoms with Crippen LogP contribution in [0.5, 0.6) is 0 Å². The van der Waals surface area contributed by atoms with Gasteiger partial charge in [-0.05, 0) is 32.9 Å². The predicted octanol–water partition coefficient (Wildman–Crippen LogP) is 3.60. The number of para-hydroxylation sites is 2. The largest absolute Gasteiger partial charge is 0.357 e. The van der Waals surface area contributed by atoms with Crippen molar-refractivity contribution < 1.29 is 0 Å². The van der Waals surface area contributed by atoms with Gasteiger partial charge in [-0.25, -0.2) is 0 Å². The van der Waals surface area contributed by atoms with Crippen molar-refractivity contribution in [3.8, 4) is 0 Å². The van der Waals surface area contributed by atoms with E-state index in [9.17, 15) is 0 Å². The highest BCUT2D eigenvalue weighted by atomic mass is 32.1. The zero-order valence-electron chi connectivity index (χ0n) is 10.5. The van der Waals surface area contributed by atoms with Crippen LogP contribution in [-0.2, 0) is 0 Å². The number of hydrogen-bond donors (Lipinski definition) is 1. The van der Waals surface area contributed by atoms with Crippen LogP contribution >= 0.6 is 12.2 Å². The van der Waals surface area contributed by atoms with E-state index in [1.165, 1.54) is 11.3 Å². The fourth-order valence-corrected chi connectivity index (χ4v) is 2.19. The smallest absolute Gasteiger partial charge is 0.102 e. The van der Waals surface area contributed by atoms with Crippen molar-refractivity contribution in [2.24, 2.45) is 0 Å². The molecule has 2 nitrogen and oxygen atoms in total. The number of rotatable bonds is 2. The Morgan fingerprint density at radius 1 is 1.41 bits per heavy atom. The summed E-state index contributed by atoms with van der Waals surface area (Å²) < 4.78 is 0. The van der Waals surface area contributed by atoms with Gasteiger partial charge in [0.15, 0.2) is 0 Å². The number of fused-ring (bicyclic) bond motifs is 1. The van der Waals surface area contributed by atoms with E-state index in [0.717, 1.165) is 17.2 Å². The number of thiocarbonyl (C=S) groups is 1. The third kappa shape index (κ3) is 2.50. The lowest BCUT2D eigenvalue weighted by Crippen LogP contribution is -2.45. The van der Waals surface area contributed by atoms with Gasteiger partial charge in [0.25, 0.3) is 0 Å². The van der Waals surface area contributed by atoms with Crippen molar-refractivity contribution in [1.82, 2.24) is 0 Å². The summed E-state index contributed by atoms with van der Waals surface area (Å²) in [5.41, 5.74) is 3.67. The molecule has 0 saturated heterocycles. The van der Waals surface area contributed by atoms with E-state index in [1.54, 1.807) is 0 Å². The van der Waals surface area contributed by atoms with Crippen molar-refractivity contribution in [2.45, 2.75) is 26.8 Å². The molecule has 17 heavy (non-hydrogen) atoms. The maximum absolute atomic E-state index is 5.39. The predicted molar refractivity (Wildman–Crippen MR) is 78.9 cm³/mol. The highest BCUT2D eigenvalue weighted by molar-refractivity contribution is 7.80. The second-order valence-corrected chi connectivity index (χ2v) is 5.06. The van der Waals surface area contributed by atoms with E-state index in [4.69, 9.17) is 12.2 Å². The van der Waals surface area contributed by atoms with Gasteiger partial charge in [-0.3, -0.25) is 0 Å². The molecule has 0 spiro atoms. The molecular formula is C14H18N2S. The molecule has 1 aromatic carbocycles. The molecule has 0 bridgehead atoms. The van der Waals surface area contributed by atoms with Gasteiger partial charge in [-0.2, -0.15) is 0 Å². The first kappa shape index (κ1) is 12.1. The highest BCUT2D eigenvalue weighted by Crippen LogP contribution is 2.31. The molecule has 1 unspecified atom stereocenters. The number of hydrogen-bond acceptors (Lipinski definition) is 2. The summed E-state index contributed by atoms with van der Waals surface area (Å²) in [6, 6.07) is 8.55. The maximum Gasteiger partial charge on any atom is 0.102 e. The Balaban J connectivity index is 2.35. The summed E-state index contributed by atoms with van der Waals surface area (Å²) >= 11 is 5.39. The Labute approximate surface area is 108 Å². The van der Waals surface area contributed by atoms with Gasteiger partial charge in [0.05, 0.1) is 17.4 Å². The Morgan fingerprint density at radius 3 is 2.82 bits per heavy atom. The molecule has 0 radical (unpaired) electrons. The third-order valence-corrected chi connectivity index (χ3v) is 3.46. The SMILES string of the molecule is CC(C)=CCN1c2ccccc2NC(=S)C1C. The van der Waals surface area contributed by atoms with E-state index in [-0.39, 0.29) is 6.04 Å². The summed E-state index contributed by atoms with van der Waals surface area (Å²) in [5.74, 6) is 0. The minimum Gasteiger partial charge on any atom is -0.357 e. The van der Waals surface area contributed by atoms with E-state index in [0.29, 0.717) is 0 Å². The number of nitrogens with zero attached hydrogens (tertiary/aromatic N) is 1. The van der Waals surface area contributed by atoms with Gasteiger partial charge in [-0.1, -0.05) is 36.0 Å². The summed E-state index contributed by atoms with van der Waals surface area (Å²) in [6.45, 7) is 7.29. The third-order valence-electron chi connectivity index (χ3n) is 3.01. The molecule has 90 valence electrons. The number of benzene rings is 1. The van der Waals surface area contributed by atoms with Crippen LogP contribution in [0, 0.1) is 0 Å². The normalized spacial score (nSPS) is 18.4. The summed E-state index contributed by atoms with van der Waals surface area (Å²) in [4.78, 5) is 3.23. The van der Waals surface area contributed by atoms with Crippen molar-refractivity contribution in [1.29, 1.82) is 0 Å². The molecule has 3 heteroatoms. The average Bonchev–Trinajstić information content (AvgIpc) is 2.29. The number of nitrogens with one attached hydrogen (secondary N) is 1. The highest BCUT2D eigenvalue weighted by Gasteiger charge is 2.25. The van der Waals surface area contributed by atoms with Crippen LogP contribution in [0.25, 0.3) is 0 Å². The van der Waals surface area contributed by atoms with Gasteiger partial charge >= 0.3 is 0 Å². The molecule has 1 aromatic rings. The molecule has 0 saturated carbocycles. The minimum absolute atomic E-state index is 0.246. The topological polar surface area (TPSA) is 15.3 Å². The first-order valence-corrected chi connectivity index (χ1v) is 6.30. The Kier molecular flexibility index (Phi) is 3.48. The van der Waals surface area contributed by atoms with Crippen LogP contribution < -0.4 is 10.2 Å². The molecule has 2 rings (SSSR count). The van der Waals surface area contributed by atoms with Gasteiger partial charge in [0.2, 0.25) is 0 Å². The first-order chi connectivity index (χ1) is 8.09. The van der Waals surface area contributed by atoms with Gasteiger partial charge in [0, 0.05) is 6.54 Å². The zero-order valence-corrected chi connectivity index (χ0v) is 11.3. The second-order valence-electron chi connectivity index (χ2n) is 4.62. The second kappa shape index (κ2) is 4.88. The molecule has 0 amide bonds. The Hall–Kier alpha value is -1.35. The van der Waals surface area contributed by atoms with Crippen molar-refractivity contribution in [3.63, 3.8) is 0 Å². The standard InChI is InChI=1S/C14H18N2S/c1-10(2)8-9-16-11(3)14(17)15-12-6-4-5-7-13(12)16/h4-8,11H,9H2,1-3H3,(H,15,17). The molecule has 1 aliphatic rings. The molecule has 1 N–H and O–H groups in total. The van der Waals surface area contributed by atoms with E-state index < -0.39 is 0 Å². The zero-order chi connectivity index (χ0) is 12.4. The van der Waals surface area contributed by atoms with Crippen LogP contribution in [0.3, 0.4) is 0 Å². The monoisotopic (exact) mass is 246 g/mol. The van der Waals surface area contributed by atoms with Crippen LogP contribution in [0.1, 0.15) is 20.8 Å². The average molecular weight is 246 g/mol. The molecule has 1 aliphatic heterocycles. The first-order valence-electron chi connectivity index (χ1n) is 5.89. The van der Waals surface area contributed by atoms with Crippen LogP contribution in [0.4, 0.5) is 11.4 Å². The summed E-state index contributed by atoms with van der Waals surface area (Å²) in [5, 5.41) is 3.30. The fraction of sp³-hybridized carbons (Fsp3) is 0.357. The van der Waals surface area contributed by atoms with Gasteiger partial charge in [0.1, 0.15) is 4.99 Å². The van der Waals surface area contributed by atoms with Crippen LogP contribution in [0.15, 0.2) is 35.9 Å². The van der Waals surface area contributed by atoms with Gasteiger partial charge in [-0.15, -0.1) is 0 Å². The van der Waals surface area contributed by atoms with E-state index in [1.807, 2.05) is 6.07 Å². The van der Waals surface area contributed by atoms with E-state index >= 15 is 0 Å². The molecule has 1 atom stereocenters. The summed E-state index contributed by atoms with van der Waals surface area (Å²) in [7, 11) is 0. The minimum atomic E-state index is 0.246. The lowest BCUT2D eigenvalue weighted by molar-refractivity contribution is 0.810. The van der Waals surface area contributed by atoms with Crippen LogP contribution in [0.2, 0.25) is 0 Å². The lowest BCUT2D eigenvalue weighted by Gasteiger charge is -2.37. The van der Waals surface area contributed by atoms with E-state index in [2.05, 4.69) is 55.3 Å².